The molecule has 2 aromatic carbocycles. The van der Waals surface area contributed by atoms with Crippen LogP contribution >= 0.6 is 27.5 Å². The molecule has 0 saturated heterocycles. The third-order valence-electron chi connectivity index (χ3n) is 3.05. The number of halogens is 2. The fourth-order valence-corrected chi connectivity index (χ4v) is 2.77. The van der Waals surface area contributed by atoms with Gasteiger partial charge in [0.1, 0.15) is 0 Å². The van der Waals surface area contributed by atoms with Crippen molar-refractivity contribution in [3.8, 4) is 0 Å². The van der Waals surface area contributed by atoms with Gasteiger partial charge in [0.15, 0.2) is 0 Å². The van der Waals surface area contributed by atoms with E-state index < -0.39 is 0 Å². The molecule has 94 valence electrons. The Morgan fingerprint density at radius 2 is 1.56 bits per heavy atom. The third-order valence-corrected chi connectivity index (χ3v) is 4.26. The fourth-order valence-electron chi connectivity index (χ4n) is 2.10. The lowest BCUT2D eigenvalue weighted by molar-refractivity contribution is 0.583. The molecule has 0 radical (unpaired) electrons. The van der Waals surface area contributed by atoms with Crippen LogP contribution in [0.4, 0.5) is 0 Å². The first kappa shape index (κ1) is 13.6. The van der Waals surface area contributed by atoms with Gasteiger partial charge in [0.2, 0.25) is 0 Å². The van der Waals surface area contributed by atoms with Crippen LogP contribution < -0.4 is 0 Å². The van der Waals surface area contributed by atoms with Crippen LogP contribution in [-0.2, 0) is 12.8 Å². The number of benzene rings is 2. The van der Waals surface area contributed by atoms with E-state index in [0.717, 1.165) is 12.8 Å². The Kier molecular flexibility index (Phi) is 5.27. The van der Waals surface area contributed by atoms with E-state index in [9.17, 15) is 0 Å². The molecular weight excluding hydrogens is 308 g/mol. The van der Waals surface area contributed by atoms with E-state index in [0.29, 0.717) is 11.8 Å². The van der Waals surface area contributed by atoms with Crippen molar-refractivity contribution in [2.24, 2.45) is 5.92 Å². The second-order valence-electron chi connectivity index (χ2n) is 4.51. The normalized spacial score (nSPS) is 12.3. The highest BCUT2D eigenvalue weighted by Crippen LogP contribution is 2.22. The Labute approximate surface area is 122 Å². The van der Waals surface area contributed by atoms with Crippen molar-refractivity contribution in [2.45, 2.75) is 12.8 Å². The summed E-state index contributed by atoms with van der Waals surface area (Å²) in [4.78, 5) is 0. The standard InChI is InChI=1S/C16H16BrCl/c17-16-9-5-4-8-15(16)11-14(12-18)10-13-6-2-1-3-7-13/h1-9,14H,10-12H2. The zero-order chi connectivity index (χ0) is 12.8. The van der Waals surface area contributed by atoms with Crippen molar-refractivity contribution in [1.29, 1.82) is 0 Å². The van der Waals surface area contributed by atoms with Gasteiger partial charge in [-0.3, -0.25) is 0 Å². The van der Waals surface area contributed by atoms with Crippen molar-refractivity contribution in [3.05, 3.63) is 70.2 Å². The maximum Gasteiger partial charge on any atom is 0.0258 e. The largest absolute Gasteiger partial charge is 0.126 e. The highest BCUT2D eigenvalue weighted by atomic mass is 79.9. The number of alkyl halides is 1. The summed E-state index contributed by atoms with van der Waals surface area (Å²) in [6, 6.07) is 18.9. The summed E-state index contributed by atoms with van der Waals surface area (Å²) in [5.74, 6) is 1.17. The lowest BCUT2D eigenvalue weighted by Gasteiger charge is -2.15. The average Bonchev–Trinajstić information content (AvgIpc) is 2.41. The summed E-state index contributed by atoms with van der Waals surface area (Å²) >= 11 is 9.70. The van der Waals surface area contributed by atoms with Gasteiger partial charge in [0.25, 0.3) is 0 Å². The van der Waals surface area contributed by atoms with Crippen LogP contribution in [0.3, 0.4) is 0 Å². The van der Waals surface area contributed by atoms with Gasteiger partial charge in [-0.2, -0.15) is 0 Å². The molecule has 0 N–H and O–H groups in total. The molecule has 1 atom stereocenters. The van der Waals surface area contributed by atoms with E-state index in [-0.39, 0.29) is 0 Å². The highest BCUT2D eigenvalue weighted by Gasteiger charge is 2.11. The van der Waals surface area contributed by atoms with Gasteiger partial charge in [0.05, 0.1) is 0 Å². The Hall–Kier alpha value is -0.790. The molecule has 2 heteroatoms. The Bertz CT molecular complexity index is 481. The smallest absolute Gasteiger partial charge is 0.0258 e. The zero-order valence-electron chi connectivity index (χ0n) is 10.2. The molecule has 0 amide bonds. The topological polar surface area (TPSA) is 0 Å². The van der Waals surface area contributed by atoms with Crippen LogP contribution in [0, 0.1) is 5.92 Å². The maximum atomic E-state index is 6.10. The third kappa shape index (κ3) is 3.86. The summed E-state index contributed by atoms with van der Waals surface area (Å²) in [6.45, 7) is 0. The second-order valence-corrected chi connectivity index (χ2v) is 5.67. The van der Waals surface area contributed by atoms with E-state index in [1.165, 1.54) is 15.6 Å². The molecule has 18 heavy (non-hydrogen) atoms. The predicted molar refractivity (Wildman–Crippen MR) is 82.2 cm³/mol. The zero-order valence-corrected chi connectivity index (χ0v) is 12.5. The van der Waals surface area contributed by atoms with Gasteiger partial charge in [-0.05, 0) is 36.0 Å². The van der Waals surface area contributed by atoms with Gasteiger partial charge in [-0.15, -0.1) is 11.6 Å². The van der Waals surface area contributed by atoms with E-state index in [1.807, 2.05) is 12.1 Å². The lowest BCUT2D eigenvalue weighted by atomic mass is 9.94. The highest BCUT2D eigenvalue weighted by molar-refractivity contribution is 9.10. The van der Waals surface area contributed by atoms with Gasteiger partial charge in [-0.25, -0.2) is 0 Å². The Morgan fingerprint density at radius 3 is 2.22 bits per heavy atom. The molecule has 0 aliphatic heterocycles. The van der Waals surface area contributed by atoms with E-state index >= 15 is 0 Å². The minimum Gasteiger partial charge on any atom is -0.126 e. The van der Waals surface area contributed by atoms with Gasteiger partial charge >= 0.3 is 0 Å². The number of hydrogen-bond donors (Lipinski definition) is 0. The molecule has 0 spiro atoms. The van der Waals surface area contributed by atoms with Crippen LogP contribution in [0.1, 0.15) is 11.1 Å². The molecule has 1 unspecified atom stereocenters. The fraction of sp³-hybridized carbons (Fsp3) is 0.250. The summed E-state index contributed by atoms with van der Waals surface area (Å²) in [6.07, 6.45) is 2.05. The van der Waals surface area contributed by atoms with Crippen molar-refractivity contribution in [2.75, 3.05) is 5.88 Å². The minimum atomic E-state index is 0.479. The minimum absolute atomic E-state index is 0.479. The summed E-state index contributed by atoms with van der Waals surface area (Å²) in [7, 11) is 0. The summed E-state index contributed by atoms with van der Waals surface area (Å²) in [5, 5.41) is 0. The van der Waals surface area contributed by atoms with Gasteiger partial charge < -0.3 is 0 Å². The second kappa shape index (κ2) is 6.96. The first-order valence-electron chi connectivity index (χ1n) is 6.13. The predicted octanol–water partition coefficient (Wildman–Crippen LogP) is 5.09. The van der Waals surface area contributed by atoms with Crippen molar-refractivity contribution < 1.29 is 0 Å². The van der Waals surface area contributed by atoms with Crippen LogP contribution in [0.5, 0.6) is 0 Å². The van der Waals surface area contributed by atoms with E-state index in [1.54, 1.807) is 0 Å². The monoisotopic (exact) mass is 322 g/mol. The molecule has 0 fully saturated rings. The Morgan fingerprint density at radius 1 is 0.889 bits per heavy atom. The molecule has 0 heterocycles. The average molecular weight is 324 g/mol. The van der Waals surface area contributed by atoms with Crippen LogP contribution in [0.25, 0.3) is 0 Å². The maximum absolute atomic E-state index is 6.10. The quantitative estimate of drug-likeness (QED) is 0.672. The Balaban J connectivity index is 2.04. The van der Waals surface area contributed by atoms with Crippen molar-refractivity contribution >= 4 is 27.5 Å². The molecule has 0 aromatic heterocycles. The van der Waals surface area contributed by atoms with Crippen LogP contribution in [0.15, 0.2) is 59.1 Å². The summed E-state index contributed by atoms with van der Waals surface area (Å²) in [5.41, 5.74) is 2.69. The summed E-state index contributed by atoms with van der Waals surface area (Å²) < 4.78 is 1.17. The molecular formula is C16H16BrCl. The molecule has 0 saturated carbocycles. The molecule has 0 bridgehead atoms. The first-order valence-corrected chi connectivity index (χ1v) is 7.45. The molecule has 0 nitrogen and oxygen atoms in total. The van der Waals surface area contributed by atoms with E-state index in [4.69, 9.17) is 11.6 Å². The molecule has 2 aromatic rings. The molecule has 0 aliphatic carbocycles. The van der Waals surface area contributed by atoms with Crippen LogP contribution in [-0.4, -0.2) is 5.88 Å². The van der Waals surface area contributed by atoms with Crippen molar-refractivity contribution in [3.63, 3.8) is 0 Å². The van der Waals surface area contributed by atoms with E-state index in [2.05, 4.69) is 58.4 Å². The van der Waals surface area contributed by atoms with Gasteiger partial charge in [0, 0.05) is 10.4 Å². The van der Waals surface area contributed by atoms with Gasteiger partial charge in [-0.1, -0.05) is 64.5 Å². The molecule has 2 rings (SSSR count). The lowest BCUT2D eigenvalue weighted by Crippen LogP contribution is -2.10. The SMILES string of the molecule is ClCC(Cc1ccccc1)Cc1ccccc1Br. The van der Waals surface area contributed by atoms with Crippen molar-refractivity contribution in [1.82, 2.24) is 0 Å². The first-order chi connectivity index (χ1) is 8.79. The number of rotatable bonds is 5. The van der Waals surface area contributed by atoms with Crippen LogP contribution in [0.2, 0.25) is 0 Å². The number of hydrogen-bond acceptors (Lipinski definition) is 0. The molecule has 0 aliphatic rings.